The van der Waals surface area contributed by atoms with Gasteiger partial charge in [-0.1, -0.05) is 36.4 Å². The van der Waals surface area contributed by atoms with Gasteiger partial charge in [0.2, 0.25) is 10.0 Å². The lowest BCUT2D eigenvalue weighted by Crippen LogP contribution is -2.30. The molecule has 7 heteroatoms. The van der Waals surface area contributed by atoms with Crippen LogP contribution in [0.2, 0.25) is 0 Å². The summed E-state index contributed by atoms with van der Waals surface area (Å²) in [6.45, 7) is 0. The monoisotopic (exact) mass is 380 g/mol. The fraction of sp³-hybridized carbons (Fsp3) is 0.100. The molecule has 0 unspecified atom stereocenters. The van der Waals surface area contributed by atoms with Crippen LogP contribution in [0.25, 0.3) is 10.8 Å². The number of amides is 2. The number of carbonyl (C=O) groups excluding carboxylic acids is 2. The maximum atomic E-state index is 12.8. The number of rotatable bonds is 3. The zero-order valence-corrected chi connectivity index (χ0v) is 15.5. The van der Waals surface area contributed by atoms with Crippen LogP contribution in [0.3, 0.4) is 0 Å². The first-order chi connectivity index (χ1) is 12.8. The molecule has 1 aliphatic rings. The summed E-state index contributed by atoms with van der Waals surface area (Å²) in [4.78, 5) is 26.9. The third kappa shape index (κ3) is 2.47. The van der Waals surface area contributed by atoms with Gasteiger partial charge >= 0.3 is 0 Å². The number of nitrogens with zero attached hydrogens (tertiary/aromatic N) is 2. The van der Waals surface area contributed by atoms with E-state index in [1.54, 1.807) is 48.5 Å². The smallest absolute Gasteiger partial charge is 0.266 e. The van der Waals surface area contributed by atoms with Gasteiger partial charge in [0, 0.05) is 24.9 Å². The summed E-state index contributed by atoms with van der Waals surface area (Å²) < 4.78 is 26.5. The van der Waals surface area contributed by atoms with Crippen LogP contribution in [0.5, 0.6) is 0 Å². The summed E-state index contributed by atoms with van der Waals surface area (Å²) in [5.41, 5.74) is 1.06. The van der Waals surface area contributed by atoms with E-state index in [1.807, 2.05) is 0 Å². The Hall–Kier alpha value is -3.03. The van der Waals surface area contributed by atoms with Crippen LogP contribution in [-0.4, -0.2) is 38.6 Å². The van der Waals surface area contributed by atoms with Gasteiger partial charge < -0.3 is 0 Å². The molecule has 1 aliphatic heterocycles. The molecule has 1 heterocycles. The topological polar surface area (TPSA) is 74.8 Å². The van der Waals surface area contributed by atoms with E-state index < -0.39 is 21.8 Å². The van der Waals surface area contributed by atoms with Crippen molar-refractivity contribution in [2.75, 3.05) is 19.0 Å². The molecular formula is C20H16N2O4S. The van der Waals surface area contributed by atoms with Gasteiger partial charge in [0.25, 0.3) is 11.8 Å². The van der Waals surface area contributed by atoms with Crippen LogP contribution in [0.1, 0.15) is 20.7 Å². The Morgan fingerprint density at radius 2 is 1.26 bits per heavy atom. The molecule has 0 radical (unpaired) electrons. The SMILES string of the molecule is CN(C)S(=O)(=O)c1ccc(N2C(=O)c3ccccc3C2=O)c2ccccc12. The van der Waals surface area contributed by atoms with Crippen molar-refractivity contribution in [1.82, 2.24) is 4.31 Å². The summed E-state index contributed by atoms with van der Waals surface area (Å²) in [7, 11) is -0.758. The van der Waals surface area contributed by atoms with Crippen molar-refractivity contribution in [3.05, 3.63) is 71.8 Å². The van der Waals surface area contributed by atoms with Crippen molar-refractivity contribution in [1.29, 1.82) is 0 Å². The van der Waals surface area contributed by atoms with E-state index in [0.29, 0.717) is 27.6 Å². The first-order valence-electron chi connectivity index (χ1n) is 8.26. The molecule has 4 rings (SSSR count). The Morgan fingerprint density at radius 3 is 1.81 bits per heavy atom. The maximum Gasteiger partial charge on any atom is 0.266 e. The summed E-state index contributed by atoms with van der Waals surface area (Å²) in [5, 5.41) is 0.982. The van der Waals surface area contributed by atoms with E-state index in [1.165, 1.54) is 26.2 Å². The molecule has 6 nitrogen and oxygen atoms in total. The van der Waals surface area contributed by atoms with E-state index in [0.717, 1.165) is 9.21 Å². The Morgan fingerprint density at radius 1 is 0.741 bits per heavy atom. The number of fused-ring (bicyclic) bond motifs is 2. The van der Waals surface area contributed by atoms with Gasteiger partial charge in [0.1, 0.15) is 0 Å². The summed E-state index contributed by atoms with van der Waals surface area (Å²) in [6, 6.07) is 16.5. The van der Waals surface area contributed by atoms with Gasteiger partial charge in [-0.3, -0.25) is 9.59 Å². The first kappa shape index (κ1) is 17.4. The van der Waals surface area contributed by atoms with Gasteiger partial charge in [-0.25, -0.2) is 17.6 Å². The Balaban J connectivity index is 1.96. The van der Waals surface area contributed by atoms with Crippen molar-refractivity contribution in [2.45, 2.75) is 4.90 Å². The third-order valence-electron chi connectivity index (χ3n) is 4.65. The van der Waals surface area contributed by atoms with Crippen molar-refractivity contribution >= 4 is 38.3 Å². The highest BCUT2D eigenvalue weighted by Gasteiger charge is 2.37. The van der Waals surface area contributed by atoms with Gasteiger partial charge in [-0.2, -0.15) is 0 Å². The number of anilines is 1. The fourth-order valence-corrected chi connectivity index (χ4v) is 4.37. The molecule has 0 aliphatic carbocycles. The molecule has 0 saturated heterocycles. The molecule has 0 saturated carbocycles. The maximum absolute atomic E-state index is 12.8. The molecule has 3 aromatic rings. The van der Waals surface area contributed by atoms with Crippen molar-refractivity contribution in [3.8, 4) is 0 Å². The van der Waals surface area contributed by atoms with Crippen LogP contribution in [-0.2, 0) is 10.0 Å². The molecule has 0 N–H and O–H groups in total. The number of hydrogen-bond donors (Lipinski definition) is 0. The Bertz CT molecular complexity index is 1180. The van der Waals surface area contributed by atoms with Crippen molar-refractivity contribution in [2.24, 2.45) is 0 Å². The molecule has 2 amide bonds. The normalized spacial score (nSPS) is 14.3. The average Bonchev–Trinajstić information content (AvgIpc) is 2.92. The van der Waals surface area contributed by atoms with Crippen LogP contribution < -0.4 is 4.90 Å². The highest BCUT2D eigenvalue weighted by molar-refractivity contribution is 7.89. The number of imide groups is 1. The molecule has 27 heavy (non-hydrogen) atoms. The third-order valence-corrected chi connectivity index (χ3v) is 6.53. The van der Waals surface area contributed by atoms with Gasteiger partial charge in [-0.15, -0.1) is 0 Å². The predicted octanol–water partition coefficient (Wildman–Crippen LogP) is 2.89. The molecular weight excluding hydrogens is 364 g/mol. The zero-order valence-electron chi connectivity index (χ0n) is 14.7. The lowest BCUT2D eigenvalue weighted by atomic mass is 10.1. The van der Waals surface area contributed by atoms with E-state index >= 15 is 0 Å². The molecule has 0 spiro atoms. The quantitative estimate of drug-likeness (QED) is 0.655. The molecule has 136 valence electrons. The predicted molar refractivity (Wildman–Crippen MR) is 102 cm³/mol. The molecule has 0 atom stereocenters. The minimum Gasteiger partial charge on any atom is -0.268 e. The second kappa shape index (κ2) is 6.00. The molecule has 3 aromatic carbocycles. The van der Waals surface area contributed by atoms with Gasteiger partial charge in [0.15, 0.2) is 0 Å². The number of sulfonamides is 1. The first-order valence-corrected chi connectivity index (χ1v) is 9.70. The van der Waals surface area contributed by atoms with Crippen molar-refractivity contribution < 1.29 is 18.0 Å². The molecule has 0 bridgehead atoms. The number of carbonyl (C=O) groups is 2. The van der Waals surface area contributed by atoms with Crippen molar-refractivity contribution in [3.63, 3.8) is 0 Å². The van der Waals surface area contributed by atoms with E-state index in [4.69, 9.17) is 0 Å². The second-order valence-corrected chi connectivity index (χ2v) is 8.53. The Labute approximate surface area is 156 Å². The average molecular weight is 380 g/mol. The lowest BCUT2D eigenvalue weighted by Gasteiger charge is -2.19. The highest BCUT2D eigenvalue weighted by atomic mass is 32.2. The number of benzene rings is 3. The highest BCUT2D eigenvalue weighted by Crippen LogP contribution is 2.36. The summed E-state index contributed by atoms with van der Waals surface area (Å²) >= 11 is 0. The lowest BCUT2D eigenvalue weighted by molar-refractivity contribution is 0.0926. The van der Waals surface area contributed by atoms with Crippen LogP contribution >= 0.6 is 0 Å². The van der Waals surface area contributed by atoms with Crippen LogP contribution in [0.4, 0.5) is 5.69 Å². The standard InChI is InChI=1S/C20H16N2O4S/c1-21(2)27(25,26)18-12-11-17(13-7-3-4-8-14(13)18)22-19(23)15-9-5-6-10-16(15)20(22)24/h3-12H,1-2H3. The second-order valence-electron chi connectivity index (χ2n) is 6.41. The molecule has 0 aromatic heterocycles. The van der Waals surface area contributed by atoms with Crippen LogP contribution in [0, 0.1) is 0 Å². The van der Waals surface area contributed by atoms with Gasteiger partial charge in [0.05, 0.1) is 21.7 Å². The largest absolute Gasteiger partial charge is 0.268 e. The van der Waals surface area contributed by atoms with E-state index in [-0.39, 0.29) is 4.90 Å². The summed E-state index contributed by atoms with van der Waals surface area (Å²) in [6.07, 6.45) is 0. The van der Waals surface area contributed by atoms with Crippen LogP contribution in [0.15, 0.2) is 65.6 Å². The minimum absolute atomic E-state index is 0.128. The Kier molecular flexibility index (Phi) is 3.87. The van der Waals surface area contributed by atoms with E-state index in [2.05, 4.69) is 0 Å². The molecule has 0 fully saturated rings. The minimum atomic E-state index is -3.68. The van der Waals surface area contributed by atoms with Gasteiger partial charge in [-0.05, 0) is 24.3 Å². The number of hydrogen-bond acceptors (Lipinski definition) is 4. The van der Waals surface area contributed by atoms with E-state index in [9.17, 15) is 18.0 Å². The summed E-state index contributed by atoms with van der Waals surface area (Å²) in [5.74, 6) is -0.826. The zero-order chi connectivity index (χ0) is 19.3. The fourth-order valence-electron chi connectivity index (χ4n) is 3.28.